The molecular weight excluding hydrogens is 316 g/mol. The van der Waals surface area contributed by atoms with Crippen molar-refractivity contribution in [3.63, 3.8) is 0 Å². The lowest BCUT2D eigenvalue weighted by atomic mass is 9.91. The van der Waals surface area contributed by atoms with Crippen LogP contribution in [0.2, 0.25) is 0 Å². The van der Waals surface area contributed by atoms with Gasteiger partial charge in [0.05, 0.1) is 0 Å². The summed E-state index contributed by atoms with van der Waals surface area (Å²) in [5.74, 6) is 0. The van der Waals surface area contributed by atoms with Crippen LogP contribution >= 0.6 is 0 Å². The third kappa shape index (κ3) is 4.42. The lowest BCUT2D eigenvalue weighted by Crippen LogP contribution is -1.95. The molecule has 2 heterocycles. The zero-order valence-electron chi connectivity index (χ0n) is 15.4. The topological polar surface area (TPSA) is 25.8 Å². The molecule has 0 unspecified atom stereocenters. The second kappa shape index (κ2) is 9.90. The Labute approximate surface area is 156 Å². The van der Waals surface area contributed by atoms with E-state index in [1.54, 1.807) is 12.2 Å². The van der Waals surface area contributed by atoms with Crippen molar-refractivity contribution in [3.05, 3.63) is 110 Å². The fraction of sp³-hybridized carbons (Fsp3) is 0.0833. The quantitative estimate of drug-likeness (QED) is 0.542. The highest BCUT2D eigenvalue weighted by atomic mass is 14.6. The van der Waals surface area contributed by atoms with Gasteiger partial charge in [-0.15, -0.1) is 0 Å². The van der Waals surface area contributed by atoms with E-state index in [2.05, 4.69) is 35.3 Å². The average molecular weight is 340 g/mol. The fourth-order valence-corrected chi connectivity index (χ4v) is 2.78. The van der Waals surface area contributed by atoms with Gasteiger partial charge in [0, 0.05) is 35.9 Å². The van der Waals surface area contributed by atoms with Crippen molar-refractivity contribution in [1.29, 1.82) is 0 Å². The minimum atomic E-state index is 1.04. The Kier molecular flexibility index (Phi) is 7.26. The Morgan fingerprint density at radius 3 is 1.96 bits per heavy atom. The van der Waals surface area contributed by atoms with Gasteiger partial charge in [-0.2, -0.15) is 0 Å². The normalized spacial score (nSPS) is 12.7. The maximum atomic E-state index is 4.35. The maximum absolute atomic E-state index is 4.35. The Morgan fingerprint density at radius 2 is 1.46 bits per heavy atom. The van der Waals surface area contributed by atoms with Crippen molar-refractivity contribution in [2.45, 2.75) is 13.8 Å². The molecule has 2 aromatic rings. The number of hydrogen-bond donors (Lipinski definition) is 0. The van der Waals surface area contributed by atoms with E-state index in [1.165, 1.54) is 0 Å². The average Bonchev–Trinajstić information content (AvgIpc) is 2.69. The fourth-order valence-electron chi connectivity index (χ4n) is 2.78. The van der Waals surface area contributed by atoms with Crippen LogP contribution in [0, 0.1) is 0 Å². The van der Waals surface area contributed by atoms with Crippen LogP contribution in [-0.4, -0.2) is 9.97 Å². The lowest BCUT2D eigenvalue weighted by Gasteiger charge is -2.14. The molecule has 0 spiro atoms. The van der Waals surface area contributed by atoms with E-state index in [-0.39, 0.29) is 0 Å². The van der Waals surface area contributed by atoms with Crippen LogP contribution in [0.4, 0.5) is 0 Å². The molecule has 0 aliphatic heterocycles. The standard InChI is InChI=1S/C24H24N2/c1-5-9-12-19(8-4)21-13-15-25-17-23(21)24-18-26-16-14-22(24)20(10-6-2)11-7-3/h5-18H,1-2H2,3-4H3/b11-7-,12-9-,19-8+,20-10+. The van der Waals surface area contributed by atoms with Crippen molar-refractivity contribution < 1.29 is 0 Å². The third-order valence-electron chi connectivity index (χ3n) is 3.92. The number of pyridine rings is 2. The summed E-state index contributed by atoms with van der Waals surface area (Å²) in [5, 5.41) is 0. The molecule has 2 heteroatoms. The zero-order valence-corrected chi connectivity index (χ0v) is 15.4. The number of allylic oxidation sites excluding steroid dienone is 10. The van der Waals surface area contributed by atoms with Crippen molar-refractivity contribution in [2.24, 2.45) is 0 Å². The molecule has 0 radical (unpaired) electrons. The van der Waals surface area contributed by atoms with Crippen LogP contribution in [0.5, 0.6) is 0 Å². The second-order valence-electron chi connectivity index (χ2n) is 5.54. The van der Waals surface area contributed by atoms with Crippen molar-refractivity contribution in [1.82, 2.24) is 9.97 Å². The summed E-state index contributed by atoms with van der Waals surface area (Å²) in [5.41, 5.74) is 6.46. The van der Waals surface area contributed by atoms with Gasteiger partial charge in [0.15, 0.2) is 0 Å². The molecule has 0 aliphatic carbocycles. The smallest absolute Gasteiger partial charge is 0.0353 e. The van der Waals surface area contributed by atoms with E-state index in [9.17, 15) is 0 Å². The van der Waals surface area contributed by atoms with Gasteiger partial charge in [0.2, 0.25) is 0 Å². The molecule has 0 atom stereocenters. The van der Waals surface area contributed by atoms with Gasteiger partial charge in [-0.25, -0.2) is 0 Å². The molecule has 2 rings (SSSR count). The number of nitrogens with zero attached hydrogens (tertiary/aromatic N) is 2. The molecule has 0 amide bonds. The molecular formula is C24H24N2. The predicted molar refractivity (Wildman–Crippen MR) is 113 cm³/mol. The summed E-state index contributed by atoms with van der Waals surface area (Å²) in [7, 11) is 0. The summed E-state index contributed by atoms with van der Waals surface area (Å²) in [4.78, 5) is 8.71. The summed E-state index contributed by atoms with van der Waals surface area (Å²) < 4.78 is 0. The molecule has 0 fully saturated rings. The van der Waals surface area contributed by atoms with E-state index in [1.807, 2.05) is 75.1 Å². The molecule has 130 valence electrons. The maximum Gasteiger partial charge on any atom is 0.0353 e. The molecule has 0 N–H and O–H groups in total. The van der Waals surface area contributed by atoms with Gasteiger partial charge in [-0.3, -0.25) is 9.97 Å². The summed E-state index contributed by atoms with van der Waals surface area (Å²) in [6.07, 6.45) is 23.1. The molecule has 26 heavy (non-hydrogen) atoms. The number of rotatable bonds is 7. The van der Waals surface area contributed by atoms with Gasteiger partial charge in [-0.05, 0) is 48.3 Å². The minimum absolute atomic E-state index is 1.04. The largest absolute Gasteiger partial charge is 0.264 e. The van der Waals surface area contributed by atoms with Gasteiger partial charge in [0.1, 0.15) is 0 Å². The third-order valence-corrected chi connectivity index (χ3v) is 3.92. The van der Waals surface area contributed by atoms with E-state index in [0.29, 0.717) is 0 Å². The first-order chi connectivity index (χ1) is 12.8. The number of hydrogen-bond acceptors (Lipinski definition) is 2. The van der Waals surface area contributed by atoms with Gasteiger partial charge in [0.25, 0.3) is 0 Å². The van der Waals surface area contributed by atoms with Crippen LogP contribution in [0.3, 0.4) is 0 Å². The second-order valence-corrected chi connectivity index (χ2v) is 5.54. The summed E-state index contributed by atoms with van der Waals surface area (Å²) in [6, 6.07) is 4.05. The monoisotopic (exact) mass is 340 g/mol. The van der Waals surface area contributed by atoms with Crippen LogP contribution in [0.1, 0.15) is 25.0 Å². The molecule has 0 saturated carbocycles. The Bertz CT molecular complexity index is 896. The first-order valence-corrected chi connectivity index (χ1v) is 8.56. The van der Waals surface area contributed by atoms with Gasteiger partial charge >= 0.3 is 0 Å². The van der Waals surface area contributed by atoms with Crippen LogP contribution in [-0.2, 0) is 0 Å². The Balaban J connectivity index is 2.72. The highest BCUT2D eigenvalue weighted by Gasteiger charge is 2.13. The molecule has 2 nitrogen and oxygen atoms in total. The minimum Gasteiger partial charge on any atom is -0.264 e. The van der Waals surface area contributed by atoms with E-state index in [4.69, 9.17) is 0 Å². The molecule has 0 bridgehead atoms. The van der Waals surface area contributed by atoms with Gasteiger partial charge in [-0.1, -0.05) is 61.8 Å². The SMILES string of the molecule is C=C/C=C\C(=C/C)c1ccncc1-c1cnccc1C(/C=C\C)=C/C=C. The predicted octanol–water partition coefficient (Wildman–Crippen LogP) is 6.43. The zero-order chi connectivity index (χ0) is 18.8. The first kappa shape index (κ1) is 19.1. The molecule has 0 aromatic carbocycles. The van der Waals surface area contributed by atoms with Crippen molar-refractivity contribution in [3.8, 4) is 11.1 Å². The highest BCUT2D eigenvalue weighted by molar-refractivity contribution is 5.91. The first-order valence-electron chi connectivity index (χ1n) is 8.56. The summed E-state index contributed by atoms with van der Waals surface area (Å²) in [6.45, 7) is 11.6. The Morgan fingerprint density at radius 1 is 0.846 bits per heavy atom. The van der Waals surface area contributed by atoms with E-state index in [0.717, 1.165) is 33.4 Å². The highest BCUT2D eigenvalue weighted by Crippen LogP contribution is 2.34. The van der Waals surface area contributed by atoms with E-state index < -0.39 is 0 Å². The molecule has 0 aliphatic rings. The van der Waals surface area contributed by atoms with Crippen molar-refractivity contribution >= 4 is 11.1 Å². The summed E-state index contributed by atoms with van der Waals surface area (Å²) >= 11 is 0. The van der Waals surface area contributed by atoms with Crippen LogP contribution in [0.15, 0.2) is 98.7 Å². The van der Waals surface area contributed by atoms with Gasteiger partial charge < -0.3 is 0 Å². The Hall–Kier alpha value is -3.26. The van der Waals surface area contributed by atoms with Crippen LogP contribution in [0.25, 0.3) is 22.3 Å². The van der Waals surface area contributed by atoms with Crippen LogP contribution < -0.4 is 0 Å². The lowest BCUT2D eigenvalue weighted by molar-refractivity contribution is 1.28. The van der Waals surface area contributed by atoms with E-state index >= 15 is 0 Å². The number of aromatic nitrogens is 2. The molecule has 2 aromatic heterocycles. The van der Waals surface area contributed by atoms with Crippen molar-refractivity contribution in [2.75, 3.05) is 0 Å². The molecule has 0 saturated heterocycles.